The third-order valence-electron chi connectivity index (χ3n) is 2.60. The molecular weight excluding hydrogens is 260 g/mol. The van der Waals surface area contributed by atoms with Gasteiger partial charge in [0.2, 0.25) is 0 Å². The molecule has 0 saturated heterocycles. The molecule has 0 aliphatic carbocycles. The third-order valence-corrected chi connectivity index (χ3v) is 2.60. The number of nitrogens with one attached hydrogen (secondary N) is 1. The van der Waals surface area contributed by atoms with Crippen LogP contribution in [0.1, 0.15) is 13.8 Å². The van der Waals surface area contributed by atoms with Crippen molar-refractivity contribution in [2.75, 3.05) is 20.3 Å². The summed E-state index contributed by atoms with van der Waals surface area (Å²) in [7, 11) is 1.61. The van der Waals surface area contributed by atoms with Crippen LogP contribution in [0.15, 0.2) is 23.3 Å². The molecule has 0 aliphatic heterocycles. The van der Waals surface area contributed by atoms with E-state index >= 15 is 0 Å². The zero-order valence-corrected chi connectivity index (χ0v) is 11.8. The van der Waals surface area contributed by atoms with Crippen LogP contribution >= 0.6 is 0 Å². The maximum Gasteiger partial charge on any atom is 0.262 e. The number of methoxy groups -OCH3 is 1. The first-order valence-electron chi connectivity index (χ1n) is 6.41. The Kier molecular flexibility index (Phi) is 4.57. The zero-order chi connectivity index (χ0) is 14.5. The van der Waals surface area contributed by atoms with E-state index in [1.54, 1.807) is 19.2 Å². The number of nitrogens with zero attached hydrogens (tertiary/aromatic N) is 1. The van der Waals surface area contributed by atoms with Crippen LogP contribution in [-0.4, -0.2) is 36.4 Å². The van der Waals surface area contributed by atoms with Crippen molar-refractivity contribution in [3.05, 3.63) is 28.8 Å². The Morgan fingerprint density at radius 3 is 2.80 bits per heavy atom. The summed E-state index contributed by atoms with van der Waals surface area (Å²) < 4.78 is 16.2. The molecule has 6 nitrogen and oxygen atoms in total. The molecule has 0 saturated carbocycles. The van der Waals surface area contributed by atoms with E-state index < -0.39 is 0 Å². The Labute approximate surface area is 116 Å². The fraction of sp³-hybridized carbons (Fsp3) is 0.429. The molecule has 6 heteroatoms. The highest BCUT2D eigenvalue weighted by atomic mass is 16.5. The molecule has 0 fully saturated rings. The first-order chi connectivity index (χ1) is 9.61. The molecular formula is C14H18N2O4. The van der Waals surface area contributed by atoms with Crippen molar-refractivity contribution in [1.29, 1.82) is 0 Å². The molecule has 1 heterocycles. The average molecular weight is 278 g/mol. The molecule has 1 aromatic carbocycles. The number of rotatable bonds is 6. The van der Waals surface area contributed by atoms with Crippen molar-refractivity contribution in [2.45, 2.75) is 20.0 Å². The smallest absolute Gasteiger partial charge is 0.262 e. The number of fused-ring (bicyclic) bond motifs is 1. The van der Waals surface area contributed by atoms with Gasteiger partial charge in [-0.2, -0.15) is 0 Å². The molecule has 2 rings (SSSR count). The van der Waals surface area contributed by atoms with E-state index in [-0.39, 0.29) is 11.7 Å². The SMILES string of the molecule is COCCOc1cc(OC(C)C)c2c(=O)[nH]cnc2c1. The highest BCUT2D eigenvalue weighted by molar-refractivity contribution is 5.85. The van der Waals surface area contributed by atoms with E-state index in [1.165, 1.54) is 6.33 Å². The summed E-state index contributed by atoms with van der Waals surface area (Å²) in [6.07, 6.45) is 1.31. The van der Waals surface area contributed by atoms with Gasteiger partial charge in [0.15, 0.2) is 0 Å². The lowest BCUT2D eigenvalue weighted by Gasteiger charge is -2.13. The number of hydrogen-bond donors (Lipinski definition) is 1. The van der Waals surface area contributed by atoms with Crippen LogP contribution in [0.3, 0.4) is 0 Å². The van der Waals surface area contributed by atoms with Crippen LogP contribution in [0, 0.1) is 0 Å². The molecule has 1 N–H and O–H groups in total. The number of H-pyrrole nitrogens is 1. The largest absolute Gasteiger partial charge is 0.491 e. The van der Waals surface area contributed by atoms with Crippen molar-refractivity contribution >= 4 is 10.9 Å². The van der Waals surface area contributed by atoms with Gasteiger partial charge in [0.25, 0.3) is 5.56 Å². The highest BCUT2D eigenvalue weighted by Gasteiger charge is 2.12. The lowest BCUT2D eigenvalue weighted by Crippen LogP contribution is -2.13. The van der Waals surface area contributed by atoms with Gasteiger partial charge in [-0.3, -0.25) is 4.79 Å². The molecule has 0 spiro atoms. The van der Waals surface area contributed by atoms with Crippen LogP contribution < -0.4 is 15.0 Å². The molecule has 0 radical (unpaired) electrons. The number of ether oxygens (including phenoxy) is 3. The van der Waals surface area contributed by atoms with Crippen LogP contribution in [0.4, 0.5) is 0 Å². The van der Waals surface area contributed by atoms with Crippen molar-refractivity contribution in [1.82, 2.24) is 9.97 Å². The second-order valence-corrected chi connectivity index (χ2v) is 4.56. The van der Waals surface area contributed by atoms with Gasteiger partial charge in [0.1, 0.15) is 23.5 Å². The Balaban J connectivity index is 2.44. The topological polar surface area (TPSA) is 73.4 Å². The van der Waals surface area contributed by atoms with Crippen LogP contribution in [0.5, 0.6) is 11.5 Å². The zero-order valence-electron chi connectivity index (χ0n) is 11.8. The van der Waals surface area contributed by atoms with E-state index in [9.17, 15) is 4.79 Å². The molecule has 0 aliphatic rings. The maximum absolute atomic E-state index is 11.9. The minimum atomic E-state index is -0.228. The van der Waals surface area contributed by atoms with Crippen LogP contribution in [0.2, 0.25) is 0 Å². The van der Waals surface area contributed by atoms with Crippen molar-refractivity contribution in [2.24, 2.45) is 0 Å². The number of aromatic amines is 1. The predicted molar refractivity (Wildman–Crippen MR) is 75.5 cm³/mol. The lowest BCUT2D eigenvalue weighted by molar-refractivity contribution is 0.146. The van der Waals surface area contributed by atoms with Crippen molar-refractivity contribution < 1.29 is 14.2 Å². The summed E-state index contributed by atoms with van der Waals surface area (Å²) in [6.45, 7) is 4.71. The first kappa shape index (κ1) is 14.3. The fourth-order valence-corrected chi connectivity index (χ4v) is 1.81. The minimum absolute atomic E-state index is 0.0490. The van der Waals surface area contributed by atoms with Gasteiger partial charge < -0.3 is 19.2 Å². The first-order valence-corrected chi connectivity index (χ1v) is 6.41. The normalized spacial score (nSPS) is 11.0. The summed E-state index contributed by atoms with van der Waals surface area (Å²) in [5.74, 6) is 1.07. The monoisotopic (exact) mass is 278 g/mol. The number of benzene rings is 1. The molecule has 0 amide bonds. The van der Waals surface area contributed by atoms with Gasteiger partial charge in [0.05, 0.1) is 24.6 Å². The summed E-state index contributed by atoms with van der Waals surface area (Å²) in [5, 5.41) is 0.431. The minimum Gasteiger partial charge on any atom is -0.491 e. The standard InChI is InChI=1S/C14H18N2O4/c1-9(2)20-12-7-10(19-5-4-18-3)6-11-13(12)14(17)16-8-15-11/h6-9H,4-5H2,1-3H3,(H,15,16,17). The van der Waals surface area contributed by atoms with Gasteiger partial charge in [0, 0.05) is 19.2 Å². The van der Waals surface area contributed by atoms with Gasteiger partial charge in [-0.05, 0) is 13.8 Å². The quantitative estimate of drug-likeness (QED) is 0.815. The molecule has 2 aromatic rings. The van der Waals surface area contributed by atoms with E-state index in [0.717, 1.165) is 0 Å². The summed E-state index contributed by atoms with van der Waals surface area (Å²) >= 11 is 0. The average Bonchev–Trinajstić information content (AvgIpc) is 2.38. The molecule has 0 bridgehead atoms. The fourth-order valence-electron chi connectivity index (χ4n) is 1.81. The Hall–Kier alpha value is -2.08. The molecule has 0 unspecified atom stereocenters. The Morgan fingerprint density at radius 2 is 2.10 bits per heavy atom. The highest BCUT2D eigenvalue weighted by Crippen LogP contribution is 2.28. The predicted octanol–water partition coefficient (Wildman–Crippen LogP) is 1.74. The second-order valence-electron chi connectivity index (χ2n) is 4.56. The van der Waals surface area contributed by atoms with Crippen molar-refractivity contribution in [3.8, 4) is 11.5 Å². The molecule has 20 heavy (non-hydrogen) atoms. The lowest BCUT2D eigenvalue weighted by atomic mass is 10.2. The Bertz CT molecular complexity index is 637. The molecule has 108 valence electrons. The number of hydrogen-bond acceptors (Lipinski definition) is 5. The number of aromatic nitrogens is 2. The summed E-state index contributed by atoms with van der Waals surface area (Å²) in [6, 6.07) is 3.42. The van der Waals surface area contributed by atoms with Gasteiger partial charge >= 0.3 is 0 Å². The van der Waals surface area contributed by atoms with Gasteiger partial charge in [-0.15, -0.1) is 0 Å². The summed E-state index contributed by atoms with van der Waals surface area (Å²) in [5.41, 5.74) is 0.313. The van der Waals surface area contributed by atoms with E-state index in [1.807, 2.05) is 13.8 Å². The molecule has 1 aromatic heterocycles. The van der Waals surface area contributed by atoms with Crippen molar-refractivity contribution in [3.63, 3.8) is 0 Å². The molecule has 0 atom stereocenters. The maximum atomic E-state index is 11.9. The van der Waals surface area contributed by atoms with E-state index in [4.69, 9.17) is 14.2 Å². The van der Waals surface area contributed by atoms with Gasteiger partial charge in [-0.1, -0.05) is 0 Å². The third kappa shape index (κ3) is 3.27. The summed E-state index contributed by atoms with van der Waals surface area (Å²) in [4.78, 5) is 18.6. The van der Waals surface area contributed by atoms with Crippen LogP contribution in [0.25, 0.3) is 10.9 Å². The Morgan fingerprint density at radius 1 is 1.30 bits per heavy atom. The van der Waals surface area contributed by atoms with Crippen LogP contribution in [-0.2, 0) is 4.74 Å². The van der Waals surface area contributed by atoms with Gasteiger partial charge in [-0.25, -0.2) is 4.98 Å². The van der Waals surface area contributed by atoms with E-state index in [2.05, 4.69) is 9.97 Å². The van der Waals surface area contributed by atoms with E-state index in [0.29, 0.717) is 35.6 Å². The second kappa shape index (κ2) is 6.38.